The van der Waals surface area contributed by atoms with Gasteiger partial charge in [0, 0.05) is 12.2 Å². The molecule has 6 rings (SSSR count). The van der Waals surface area contributed by atoms with Gasteiger partial charge in [-0.1, -0.05) is 87.9 Å². The van der Waals surface area contributed by atoms with E-state index in [1.54, 1.807) is 4.90 Å². The molecule has 8 heteroatoms. The SMILES string of the molecule is CC[C@H](C)[C@H](CO)N1C(=O)[C@@H]2[C@@H](C(=O)NCc3ccccc3)[C@@]3(CC)CCC2(O3)C1C(=O)Nc1ccc2ccccc2c1. The number of likely N-dealkylation sites (tertiary alicyclic amines) is 1. The van der Waals surface area contributed by atoms with Crippen molar-refractivity contribution in [1.29, 1.82) is 0 Å². The Morgan fingerprint density at radius 1 is 1.00 bits per heavy atom. The van der Waals surface area contributed by atoms with Crippen LogP contribution in [0.2, 0.25) is 0 Å². The number of aliphatic hydroxyl groups excluding tert-OH is 1. The molecule has 3 heterocycles. The number of carbonyl (C=O) groups is 3. The summed E-state index contributed by atoms with van der Waals surface area (Å²) in [6.45, 7) is 6.03. The first-order chi connectivity index (χ1) is 20.8. The zero-order valence-corrected chi connectivity index (χ0v) is 25.1. The molecule has 3 aromatic rings. The number of fused-ring (bicyclic) bond motifs is 2. The summed E-state index contributed by atoms with van der Waals surface area (Å²) < 4.78 is 6.89. The zero-order chi connectivity index (χ0) is 30.4. The van der Waals surface area contributed by atoms with Crippen molar-refractivity contribution in [2.75, 3.05) is 11.9 Å². The van der Waals surface area contributed by atoms with Crippen molar-refractivity contribution in [1.82, 2.24) is 10.2 Å². The molecule has 0 radical (unpaired) electrons. The van der Waals surface area contributed by atoms with Crippen LogP contribution in [0.5, 0.6) is 0 Å². The second-order valence-corrected chi connectivity index (χ2v) is 12.5. The van der Waals surface area contributed by atoms with Crippen molar-refractivity contribution in [2.24, 2.45) is 17.8 Å². The molecule has 3 fully saturated rings. The lowest BCUT2D eigenvalue weighted by Crippen LogP contribution is -2.57. The van der Waals surface area contributed by atoms with E-state index in [1.807, 2.05) is 93.6 Å². The van der Waals surface area contributed by atoms with Crippen molar-refractivity contribution in [2.45, 2.75) is 76.3 Å². The molecular formula is C35H41N3O5. The number of hydrogen-bond donors (Lipinski definition) is 3. The predicted octanol–water partition coefficient (Wildman–Crippen LogP) is 4.66. The molecule has 2 unspecified atom stereocenters. The van der Waals surface area contributed by atoms with Crippen molar-refractivity contribution in [3.8, 4) is 0 Å². The Balaban J connectivity index is 1.38. The number of carbonyl (C=O) groups excluding carboxylic acids is 3. The van der Waals surface area contributed by atoms with E-state index in [0.717, 1.165) is 16.3 Å². The smallest absolute Gasteiger partial charge is 0.250 e. The van der Waals surface area contributed by atoms with Gasteiger partial charge < -0.3 is 25.4 Å². The van der Waals surface area contributed by atoms with E-state index < -0.39 is 35.1 Å². The Kier molecular flexibility index (Phi) is 7.77. The van der Waals surface area contributed by atoms with Crippen LogP contribution in [-0.2, 0) is 25.7 Å². The molecule has 0 saturated carbocycles. The van der Waals surface area contributed by atoms with Gasteiger partial charge in [-0.2, -0.15) is 0 Å². The predicted molar refractivity (Wildman–Crippen MR) is 165 cm³/mol. The van der Waals surface area contributed by atoms with Gasteiger partial charge in [-0.25, -0.2) is 0 Å². The van der Waals surface area contributed by atoms with Crippen LogP contribution in [0, 0.1) is 17.8 Å². The lowest BCUT2D eigenvalue weighted by Gasteiger charge is -2.39. The standard InChI is InChI=1S/C35H41N3O5/c1-4-22(3)27(21-39)38-30(32(41)37-26-16-15-24-13-9-10-14-25(24)19-26)35-18-17-34(5-2,43-35)28(29(35)33(38)42)31(40)36-20-23-11-7-6-8-12-23/h6-16,19,22,27-30,39H,4-5,17-18,20-21H2,1-3H3,(H,36,40)(H,37,41)/t22-,27-,28-,29-,30?,34+,35?/m0/s1. The monoisotopic (exact) mass is 583 g/mol. The Morgan fingerprint density at radius 2 is 1.72 bits per heavy atom. The molecule has 3 aliphatic rings. The van der Waals surface area contributed by atoms with E-state index in [-0.39, 0.29) is 30.2 Å². The summed E-state index contributed by atoms with van der Waals surface area (Å²) >= 11 is 0. The summed E-state index contributed by atoms with van der Waals surface area (Å²) in [5.74, 6) is -2.49. The summed E-state index contributed by atoms with van der Waals surface area (Å²) in [6.07, 6.45) is 2.34. The summed E-state index contributed by atoms with van der Waals surface area (Å²) in [6, 6.07) is 21.7. The summed E-state index contributed by atoms with van der Waals surface area (Å²) in [5.41, 5.74) is -0.414. The van der Waals surface area contributed by atoms with Gasteiger partial charge in [0.05, 0.1) is 30.1 Å². The van der Waals surface area contributed by atoms with Gasteiger partial charge in [-0.3, -0.25) is 14.4 Å². The van der Waals surface area contributed by atoms with Crippen molar-refractivity contribution in [3.63, 3.8) is 0 Å². The van der Waals surface area contributed by atoms with Gasteiger partial charge >= 0.3 is 0 Å². The van der Waals surface area contributed by atoms with Crippen molar-refractivity contribution >= 4 is 34.2 Å². The number of benzene rings is 3. The average molecular weight is 584 g/mol. The number of hydrogen-bond acceptors (Lipinski definition) is 5. The highest BCUT2D eigenvalue weighted by Crippen LogP contribution is 2.64. The Hall–Kier alpha value is -3.75. The van der Waals surface area contributed by atoms with Crippen molar-refractivity contribution < 1.29 is 24.2 Å². The van der Waals surface area contributed by atoms with Gasteiger partial charge in [0.1, 0.15) is 11.6 Å². The fourth-order valence-corrected chi connectivity index (χ4v) is 7.90. The van der Waals surface area contributed by atoms with Crippen LogP contribution in [0.3, 0.4) is 0 Å². The zero-order valence-electron chi connectivity index (χ0n) is 25.1. The number of aliphatic hydroxyl groups is 1. The van der Waals surface area contributed by atoms with Crippen LogP contribution in [0.25, 0.3) is 10.8 Å². The minimum Gasteiger partial charge on any atom is -0.394 e. The third kappa shape index (κ3) is 4.71. The normalized spacial score (nSPS) is 29.0. The number of nitrogens with one attached hydrogen (secondary N) is 2. The molecule has 8 nitrogen and oxygen atoms in total. The minimum atomic E-state index is -1.16. The Bertz CT molecular complexity index is 1530. The molecule has 7 atom stereocenters. The molecule has 3 N–H and O–H groups in total. The fraction of sp³-hybridized carbons (Fsp3) is 0.457. The van der Waals surface area contributed by atoms with Crippen LogP contribution in [-0.4, -0.2) is 57.6 Å². The highest BCUT2D eigenvalue weighted by atomic mass is 16.5. The molecule has 3 amide bonds. The molecule has 3 saturated heterocycles. The maximum atomic E-state index is 14.6. The first-order valence-electron chi connectivity index (χ1n) is 15.5. The highest BCUT2D eigenvalue weighted by molar-refractivity contribution is 6.04. The minimum absolute atomic E-state index is 0.0668. The van der Waals surface area contributed by atoms with Gasteiger partial charge in [-0.05, 0) is 53.6 Å². The number of ether oxygens (including phenoxy) is 1. The molecule has 1 spiro atoms. The van der Waals surface area contributed by atoms with E-state index in [9.17, 15) is 19.5 Å². The molecule has 0 aromatic heterocycles. The van der Waals surface area contributed by atoms with Gasteiger partial charge in [0.2, 0.25) is 17.7 Å². The molecule has 3 aliphatic heterocycles. The molecule has 3 aromatic carbocycles. The third-order valence-electron chi connectivity index (χ3n) is 10.3. The third-order valence-corrected chi connectivity index (χ3v) is 10.3. The Labute approximate surface area is 252 Å². The quantitative estimate of drug-likeness (QED) is 0.322. The van der Waals surface area contributed by atoms with Gasteiger partial charge in [0.15, 0.2) is 0 Å². The van der Waals surface area contributed by atoms with E-state index in [4.69, 9.17) is 4.74 Å². The second-order valence-electron chi connectivity index (χ2n) is 12.5. The van der Waals surface area contributed by atoms with E-state index >= 15 is 0 Å². The van der Waals surface area contributed by atoms with Crippen LogP contribution < -0.4 is 10.6 Å². The van der Waals surface area contributed by atoms with Gasteiger partial charge in [-0.15, -0.1) is 0 Å². The molecule has 43 heavy (non-hydrogen) atoms. The van der Waals surface area contributed by atoms with Crippen LogP contribution in [0.1, 0.15) is 52.0 Å². The highest BCUT2D eigenvalue weighted by Gasteiger charge is 2.79. The topological polar surface area (TPSA) is 108 Å². The maximum absolute atomic E-state index is 14.6. The van der Waals surface area contributed by atoms with Crippen LogP contribution in [0.15, 0.2) is 72.8 Å². The Morgan fingerprint density at radius 3 is 2.42 bits per heavy atom. The largest absolute Gasteiger partial charge is 0.394 e. The number of amides is 3. The van der Waals surface area contributed by atoms with E-state index in [0.29, 0.717) is 37.9 Å². The maximum Gasteiger partial charge on any atom is 0.250 e. The summed E-state index contributed by atoms with van der Waals surface area (Å²) in [5, 5.41) is 18.8. The first-order valence-corrected chi connectivity index (χ1v) is 15.5. The van der Waals surface area contributed by atoms with E-state index in [2.05, 4.69) is 10.6 Å². The van der Waals surface area contributed by atoms with Crippen LogP contribution in [0.4, 0.5) is 5.69 Å². The molecular weight excluding hydrogens is 542 g/mol. The lowest BCUT2D eigenvalue weighted by atomic mass is 9.65. The fourth-order valence-electron chi connectivity index (χ4n) is 7.90. The lowest BCUT2D eigenvalue weighted by molar-refractivity contribution is -0.150. The van der Waals surface area contributed by atoms with E-state index in [1.165, 1.54) is 0 Å². The van der Waals surface area contributed by atoms with Crippen molar-refractivity contribution in [3.05, 3.63) is 78.4 Å². The number of nitrogens with zero attached hydrogens (tertiary/aromatic N) is 1. The second kappa shape index (κ2) is 11.4. The summed E-state index contributed by atoms with van der Waals surface area (Å²) in [7, 11) is 0. The first kappa shape index (κ1) is 29.3. The van der Waals surface area contributed by atoms with Crippen LogP contribution >= 0.6 is 0 Å². The summed E-state index contributed by atoms with van der Waals surface area (Å²) in [4.78, 5) is 44.5. The molecule has 226 valence electrons. The van der Waals surface area contributed by atoms with Gasteiger partial charge in [0.25, 0.3) is 0 Å². The molecule has 2 bridgehead atoms. The molecule has 0 aliphatic carbocycles. The number of anilines is 1. The number of rotatable bonds is 10. The average Bonchev–Trinajstić information content (AvgIpc) is 3.64.